The topological polar surface area (TPSA) is 52.6 Å². The summed E-state index contributed by atoms with van der Waals surface area (Å²) in [7, 11) is 0. The van der Waals surface area contributed by atoms with Crippen LogP contribution in [0, 0.1) is 11.7 Å². The molecule has 3 atom stereocenters. The molecule has 19 heavy (non-hydrogen) atoms. The van der Waals surface area contributed by atoms with Gasteiger partial charge in [-0.25, -0.2) is 9.18 Å². The van der Waals surface area contributed by atoms with E-state index in [4.69, 9.17) is 5.11 Å². The van der Waals surface area contributed by atoms with Crippen molar-refractivity contribution >= 4 is 11.8 Å². The monoisotopic (exact) mass is 266 g/mol. The van der Waals surface area contributed by atoms with Crippen molar-refractivity contribution in [1.29, 1.82) is 0 Å². The zero-order valence-electron chi connectivity index (χ0n) is 11.1. The molecule has 1 aromatic rings. The number of benzene rings is 1. The van der Waals surface area contributed by atoms with Gasteiger partial charge in [-0.3, -0.25) is 0 Å². The van der Waals surface area contributed by atoms with Gasteiger partial charge in [0.2, 0.25) is 0 Å². The molecule has 0 aliphatic carbocycles. The van der Waals surface area contributed by atoms with Gasteiger partial charge in [0.05, 0.1) is 0 Å². The summed E-state index contributed by atoms with van der Waals surface area (Å²) in [6.07, 6.45) is -0.107. The number of piperidine rings is 1. The lowest BCUT2D eigenvalue weighted by molar-refractivity contribution is 0.0914. The van der Waals surface area contributed by atoms with E-state index in [1.54, 1.807) is 12.1 Å². The van der Waals surface area contributed by atoms with Crippen LogP contribution < -0.4 is 5.32 Å². The zero-order chi connectivity index (χ0) is 14.0. The molecule has 0 saturated carbocycles. The van der Waals surface area contributed by atoms with Crippen molar-refractivity contribution < 1.29 is 14.3 Å². The number of carbonyl (C=O) groups is 1. The summed E-state index contributed by atoms with van der Waals surface area (Å²) in [5.41, 5.74) is 0.870. The lowest BCUT2D eigenvalue weighted by Gasteiger charge is -2.40. The van der Waals surface area contributed by atoms with E-state index in [0.717, 1.165) is 12.1 Å². The molecule has 1 fully saturated rings. The van der Waals surface area contributed by atoms with Crippen molar-refractivity contribution in [2.24, 2.45) is 5.92 Å². The Morgan fingerprint density at radius 1 is 1.37 bits per heavy atom. The molecule has 1 aromatic carbocycles. The number of anilines is 1. The van der Waals surface area contributed by atoms with E-state index in [1.807, 2.05) is 13.8 Å². The first-order chi connectivity index (χ1) is 8.97. The minimum absolute atomic E-state index is 0.00773. The fourth-order valence-corrected chi connectivity index (χ4v) is 2.57. The van der Waals surface area contributed by atoms with E-state index in [1.165, 1.54) is 17.0 Å². The molecule has 0 spiro atoms. The second-order valence-corrected chi connectivity index (χ2v) is 5.25. The molecule has 0 aromatic heterocycles. The van der Waals surface area contributed by atoms with Crippen LogP contribution in [-0.4, -0.2) is 34.7 Å². The van der Waals surface area contributed by atoms with E-state index < -0.39 is 6.09 Å². The molecule has 104 valence electrons. The number of nitrogens with one attached hydrogen (secondary N) is 1. The van der Waals surface area contributed by atoms with Crippen LogP contribution in [0.15, 0.2) is 24.3 Å². The highest BCUT2D eigenvalue weighted by molar-refractivity contribution is 5.65. The molecule has 2 rings (SSSR count). The van der Waals surface area contributed by atoms with Gasteiger partial charge < -0.3 is 15.3 Å². The maximum atomic E-state index is 12.8. The SMILES string of the molecule is C[C@@H]1CN(C(=O)O)[C@@H](C)CC1Nc1ccc(F)cc1. The Balaban J connectivity index is 2.02. The van der Waals surface area contributed by atoms with E-state index in [-0.39, 0.29) is 23.8 Å². The quantitative estimate of drug-likeness (QED) is 0.865. The van der Waals surface area contributed by atoms with Gasteiger partial charge in [-0.1, -0.05) is 6.92 Å². The molecular formula is C14H19FN2O2. The number of amides is 1. The van der Waals surface area contributed by atoms with Gasteiger partial charge in [0, 0.05) is 24.3 Å². The summed E-state index contributed by atoms with van der Waals surface area (Å²) in [5, 5.41) is 12.5. The van der Waals surface area contributed by atoms with E-state index in [2.05, 4.69) is 5.32 Å². The Kier molecular flexibility index (Phi) is 3.93. The third-order valence-electron chi connectivity index (χ3n) is 3.74. The highest BCUT2D eigenvalue weighted by Crippen LogP contribution is 2.25. The lowest BCUT2D eigenvalue weighted by Crippen LogP contribution is -2.51. The number of likely N-dealkylation sites (tertiary alicyclic amines) is 1. The standard InChI is InChI=1S/C14H19FN2O2/c1-9-8-17(14(18)19)10(2)7-13(9)16-12-5-3-11(15)4-6-12/h3-6,9-10,13,16H,7-8H2,1-2H3,(H,18,19)/t9-,10+,13?/m1/s1. The molecule has 1 aliphatic rings. The number of hydrogen-bond acceptors (Lipinski definition) is 2. The van der Waals surface area contributed by atoms with Crippen LogP contribution in [0.5, 0.6) is 0 Å². The molecule has 5 heteroatoms. The first-order valence-corrected chi connectivity index (χ1v) is 6.49. The fourth-order valence-electron chi connectivity index (χ4n) is 2.57. The molecule has 2 N–H and O–H groups in total. The number of carboxylic acid groups (broad SMARTS) is 1. The predicted molar refractivity (Wildman–Crippen MR) is 71.8 cm³/mol. The van der Waals surface area contributed by atoms with Crippen LogP contribution in [0.3, 0.4) is 0 Å². The van der Waals surface area contributed by atoms with E-state index in [0.29, 0.717) is 6.54 Å². The molecule has 1 unspecified atom stereocenters. The predicted octanol–water partition coefficient (Wildman–Crippen LogP) is 3.01. The Bertz CT molecular complexity index is 449. The maximum Gasteiger partial charge on any atom is 0.407 e. The van der Waals surface area contributed by atoms with Crippen molar-refractivity contribution in [1.82, 2.24) is 4.90 Å². The Morgan fingerprint density at radius 3 is 2.58 bits per heavy atom. The third-order valence-corrected chi connectivity index (χ3v) is 3.74. The number of hydrogen-bond donors (Lipinski definition) is 2. The fraction of sp³-hybridized carbons (Fsp3) is 0.500. The maximum absolute atomic E-state index is 12.8. The summed E-state index contributed by atoms with van der Waals surface area (Å²) in [6, 6.07) is 6.45. The van der Waals surface area contributed by atoms with Gasteiger partial charge in [-0.15, -0.1) is 0 Å². The second-order valence-electron chi connectivity index (χ2n) is 5.25. The second kappa shape index (κ2) is 5.47. The van der Waals surface area contributed by atoms with Crippen molar-refractivity contribution in [3.05, 3.63) is 30.1 Å². The minimum Gasteiger partial charge on any atom is -0.465 e. The van der Waals surface area contributed by atoms with Gasteiger partial charge in [0.1, 0.15) is 5.82 Å². The van der Waals surface area contributed by atoms with Gasteiger partial charge >= 0.3 is 6.09 Å². The van der Waals surface area contributed by atoms with E-state index in [9.17, 15) is 9.18 Å². The molecule has 0 radical (unpaired) electrons. The molecule has 1 saturated heterocycles. The Labute approximate surface area is 112 Å². The van der Waals surface area contributed by atoms with Gasteiger partial charge in [-0.2, -0.15) is 0 Å². The average Bonchev–Trinajstić information content (AvgIpc) is 2.35. The Hall–Kier alpha value is -1.78. The summed E-state index contributed by atoms with van der Waals surface area (Å²) in [4.78, 5) is 12.6. The summed E-state index contributed by atoms with van der Waals surface area (Å²) < 4.78 is 12.8. The number of rotatable bonds is 2. The Morgan fingerprint density at radius 2 is 2.00 bits per heavy atom. The highest BCUT2D eigenvalue weighted by Gasteiger charge is 2.33. The van der Waals surface area contributed by atoms with Crippen LogP contribution in [0.1, 0.15) is 20.3 Å². The minimum atomic E-state index is -0.861. The van der Waals surface area contributed by atoms with Crippen LogP contribution in [0.25, 0.3) is 0 Å². The largest absolute Gasteiger partial charge is 0.465 e. The van der Waals surface area contributed by atoms with Gasteiger partial charge in [0.25, 0.3) is 0 Å². The van der Waals surface area contributed by atoms with Crippen LogP contribution in [0.2, 0.25) is 0 Å². The van der Waals surface area contributed by atoms with E-state index >= 15 is 0 Å². The van der Waals surface area contributed by atoms with Crippen LogP contribution >= 0.6 is 0 Å². The van der Waals surface area contributed by atoms with Crippen molar-refractivity contribution in [2.75, 3.05) is 11.9 Å². The van der Waals surface area contributed by atoms with Gasteiger partial charge in [-0.05, 0) is 43.5 Å². The summed E-state index contributed by atoms with van der Waals surface area (Å²) in [6.45, 7) is 4.47. The molecule has 4 nitrogen and oxygen atoms in total. The van der Waals surface area contributed by atoms with Crippen LogP contribution in [0.4, 0.5) is 14.9 Å². The number of halogens is 1. The lowest BCUT2D eigenvalue weighted by atomic mass is 9.89. The van der Waals surface area contributed by atoms with Gasteiger partial charge in [0.15, 0.2) is 0 Å². The zero-order valence-corrected chi connectivity index (χ0v) is 11.1. The molecule has 0 bridgehead atoms. The van der Waals surface area contributed by atoms with Crippen molar-refractivity contribution in [3.63, 3.8) is 0 Å². The van der Waals surface area contributed by atoms with Crippen molar-refractivity contribution in [2.45, 2.75) is 32.4 Å². The highest BCUT2D eigenvalue weighted by atomic mass is 19.1. The smallest absolute Gasteiger partial charge is 0.407 e. The molecule has 1 aliphatic heterocycles. The third kappa shape index (κ3) is 3.16. The summed E-state index contributed by atoms with van der Waals surface area (Å²) >= 11 is 0. The molecular weight excluding hydrogens is 247 g/mol. The molecule has 1 heterocycles. The molecule has 1 amide bonds. The van der Waals surface area contributed by atoms with Crippen molar-refractivity contribution in [3.8, 4) is 0 Å². The summed E-state index contributed by atoms with van der Waals surface area (Å²) in [5.74, 6) is -0.0370. The average molecular weight is 266 g/mol. The van der Waals surface area contributed by atoms with Crippen LogP contribution in [-0.2, 0) is 0 Å². The first kappa shape index (κ1) is 13.6. The first-order valence-electron chi connectivity index (χ1n) is 6.49. The number of nitrogens with zero attached hydrogens (tertiary/aromatic N) is 1. The normalized spacial score (nSPS) is 27.1.